The Hall–Kier alpha value is -1.42. The topological polar surface area (TPSA) is 52.6 Å². The zero-order valence-electron chi connectivity index (χ0n) is 17.2. The predicted molar refractivity (Wildman–Crippen MR) is 103 cm³/mol. The van der Waals surface area contributed by atoms with Gasteiger partial charge < -0.3 is 9.47 Å². The molecule has 3 atom stereocenters. The number of ketones is 1. The zero-order chi connectivity index (χ0) is 19.5. The molecule has 4 heteroatoms. The normalized spacial score (nSPS) is 31.2. The van der Waals surface area contributed by atoms with Crippen molar-refractivity contribution in [1.29, 1.82) is 0 Å². The van der Waals surface area contributed by atoms with Crippen molar-refractivity contribution in [1.82, 2.24) is 0 Å². The van der Waals surface area contributed by atoms with Crippen LogP contribution in [0.15, 0.2) is 23.3 Å². The molecule has 2 rings (SSSR count). The van der Waals surface area contributed by atoms with Crippen molar-refractivity contribution in [2.75, 3.05) is 20.8 Å². The lowest BCUT2D eigenvalue weighted by atomic mass is 9.48. The Morgan fingerprint density at radius 2 is 1.96 bits per heavy atom. The molecule has 0 N–H and O–H groups in total. The van der Waals surface area contributed by atoms with E-state index in [1.165, 1.54) is 19.1 Å². The summed E-state index contributed by atoms with van der Waals surface area (Å²) in [4.78, 5) is 24.5. The van der Waals surface area contributed by atoms with Crippen LogP contribution >= 0.6 is 0 Å². The van der Waals surface area contributed by atoms with Crippen LogP contribution in [0.4, 0.5) is 0 Å². The summed E-state index contributed by atoms with van der Waals surface area (Å²) in [5.74, 6) is 0.384. The number of methoxy groups -OCH3 is 2. The molecule has 0 aromatic carbocycles. The number of carbonyl (C=O) groups excluding carboxylic acids is 2. The fourth-order valence-electron chi connectivity index (χ4n) is 5.60. The van der Waals surface area contributed by atoms with Gasteiger partial charge >= 0.3 is 5.97 Å². The predicted octanol–water partition coefficient (Wildman–Crippen LogP) is 4.49. The highest BCUT2D eigenvalue weighted by Crippen LogP contribution is 2.59. The molecule has 26 heavy (non-hydrogen) atoms. The number of fused-ring (bicyclic) bond motifs is 1. The van der Waals surface area contributed by atoms with Crippen molar-refractivity contribution in [3.05, 3.63) is 23.3 Å². The van der Waals surface area contributed by atoms with Crippen LogP contribution in [-0.4, -0.2) is 32.6 Å². The first kappa shape index (κ1) is 20.9. The lowest BCUT2D eigenvalue weighted by Gasteiger charge is -2.55. The minimum absolute atomic E-state index is 0.0128. The summed E-state index contributed by atoms with van der Waals surface area (Å²) in [6, 6.07) is 0. The Kier molecular flexibility index (Phi) is 6.49. The summed E-state index contributed by atoms with van der Waals surface area (Å²) >= 11 is 0. The first-order valence-electron chi connectivity index (χ1n) is 9.64. The fourth-order valence-corrected chi connectivity index (χ4v) is 5.60. The second-order valence-corrected chi connectivity index (χ2v) is 8.92. The molecule has 0 saturated heterocycles. The first-order chi connectivity index (χ1) is 12.2. The zero-order valence-corrected chi connectivity index (χ0v) is 17.2. The number of allylic oxidation sites excluding steroid dienone is 2. The molecule has 1 saturated carbocycles. The molecule has 0 radical (unpaired) electrons. The van der Waals surface area contributed by atoms with Crippen LogP contribution in [0.3, 0.4) is 0 Å². The molecule has 0 aromatic rings. The first-order valence-corrected chi connectivity index (χ1v) is 9.64. The molecule has 146 valence electrons. The van der Waals surface area contributed by atoms with Crippen molar-refractivity contribution in [3.63, 3.8) is 0 Å². The maximum absolute atomic E-state index is 12.9. The van der Waals surface area contributed by atoms with Crippen molar-refractivity contribution < 1.29 is 19.1 Å². The molecular formula is C22H34O4. The van der Waals surface area contributed by atoms with Gasteiger partial charge in [0.15, 0.2) is 5.78 Å². The van der Waals surface area contributed by atoms with E-state index >= 15 is 0 Å². The van der Waals surface area contributed by atoms with Gasteiger partial charge in [-0.25, -0.2) is 4.79 Å². The van der Waals surface area contributed by atoms with Gasteiger partial charge in [0.2, 0.25) is 0 Å². The molecule has 2 aliphatic carbocycles. The van der Waals surface area contributed by atoms with Crippen molar-refractivity contribution in [2.45, 2.75) is 59.8 Å². The van der Waals surface area contributed by atoms with Crippen LogP contribution in [0.1, 0.15) is 59.8 Å². The second-order valence-electron chi connectivity index (χ2n) is 8.92. The van der Waals surface area contributed by atoms with Crippen molar-refractivity contribution >= 4 is 11.8 Å². The maximum atomic E-state index is 12.9. The quantitative estimate of drug-likeness (QED) is 0.516. The molecule has 0 amide bonds. The van der Waals surface area contributed by atoms with E-state index in [9.17, 15) is 9.59 Å². The van der Waals surface area contributed by atoms with E-state index in [1.807, 2.05) is 6.08 Å². The summed E-state index contributed by atoms with van der Waals surface area (Å²) in [5.41, 5.74) is 2.15. The largest absolute Gasteiger partial charge is 0.466 e. The van der Waals surface area contributed by atoms with E-state index in [0.29, 0.717) is 18.3 Å². The van der Waals surface area contributed by atoms with Crippen LogP contribution in [0.5, 0.6) is 0 Å². The second kappa shape index (κ2) is 8.08. The van der Waals surface area contributed by atoms with E-state index in [1.54, 1.807) is 13.2 Å². The number of ether oxygens (including phenoxy) is 2. The van der Waals surface area contributed by atoms with Gasteiger partial charge in [-0.15, -0.1) is 0 Å². The molecular weight excluding hydrogens is 328 g/mol. The van der Waals surface area contributed by atoms with E-state index in [-0.39, 0.29) is 22.7 Å². The number of hydrogen-bond donors (Lipinski definition) is 0. The molecule has 4 nitrogen and oxygen atoms in total. The highest BCUT2D eigenvalue weighted by Gasteiger charge is 2.55. The van der Waals surface area contributed by atoms with Gasteiger partial charge in [-0.1, -0.05) is 32.8 Å². The van der Waals surface area contributed by atoms with Crippen LogP contribution in [0.25, 0.3) is 0 Å². The molecule has 1 fully saturated rings. The standard InChI is InChI=1S/C22H34O4/c1-15-12-18(23)20-21(2,3)10-7-11-22(20,4)17(15)9-8-16(14-25-5)13-19(24)26-6/h12-13,17,20H,7-11,14H2,1-6H3/b16-13+/t17-,20-,22-/m0/s1. The Morgan fingerprint density at radius 1 is 1.27 bits per heavy atom. The molecule has 0 aliphatic heterocycles. The van der Waals surface area contributed by atoms with Gasteiger partial charge in [0.25, 0.3) is 0 Å². The maximum Gasteiger partial charge on any atom is 0.330 e. The third-order valence-corrected chi connectivity index (χ3v) is 6.58. The van der Waals surface area contributed by atoms with Gasteiger partial charge in [0.1, 0.15) is 0 Å². The highest BCUT2D eigenvalue weighted by molar-refractivity contribution is 5.95. The van der Waals surface area contributed by atoms with E-state index in [4.69, 9.17) is 9.47 Å². The summed E-state index contributed by atoms with van der Waals surface area (Å²) in [5, 5.41) is 0. The van der Waals surface area contributed by atoms with Crippen LogP contribution in [0, 0.1) is 22.7 Å². The van der Waals surface area contributed by atoms with Gasteiger partial charge in [-0.2, -0.15) is 0 Å². The van der Waals surface area contributed by atoms with Gasteiger partial charge in [0, 0.05) is 19.1 Å². The van der Waals surface area contributed by atoms with Crippen molar-refractivity contribution in [2.24, 2.45) is 22.7 Å². The average molecular weight is 363 g/mol. The van der Waals surface area contributed by atoms with E-state index in [2.05, 4.69) is 27.7 Å². The lowest BCUT2D eigenvalue weighted by Crippen LogP contribution is -2.52. The Morgan fingerprint density at radius 3 is 2.58 bits per heavy atom. The Balaban J connectivity index is 2.27. The fraction of sp³-hybridized carbons (Fsp3) is 0.727. The minimum atomic E-state index is -0.342. The SMILES string of the molecule is COC/C(=C/C(=O)OC)CC[C@H]1C(C)=CC(=O)[C@H]2C(C)(C)CCC[C@@]12C. The molecule has 0 bridgehead atoms. The van der Waals surface area contributed by atoms with Gasteiger partial charge in [0.05, 0.1) is 13.7 Å². The summed E-state index contributed by atoms with van der Waals surface area (Å²) < 4.78 is 10.0. The van der Waals surface area contributed by atoms with Gasteiger partial charge in [-0.05, 0) is 61.0 Å². The molecule has 0 spiro atoms. The third-order valence-electron chi connectivity index (χ3n) is 6.58. The molecule has 2 aliphatic rings. The number of rotatable bonds is 6. The lowest BCUT2D eigenvalue weighted by molar-refractivity contribution is -0.136. The Bertz CT molecular complexity index is 614. The van der Waals surface area contributed by atoms with Gasteiger partial charge in [-0.3, -0.25) is 4.79 Å². The van der Waals surface area contributed by atoms with E-state index in [0.717, 1.165) is 31.3 Å². The van der Waals surface area contributed by atoms with Crippen molar-refractivity contribution in [3.8, 4) is 0 Å². The number of carbonyl (C=O) groups is 2. The number of esters is 1. The monoisotopic (exact) mass is 362 g/mol. The average Bonchev–Trinajstić information content (AvgIpc) is 2.52. The van der Waals surface area contributed by atoms with Crippen LogP contribution in [-0.2, 0) is 19.1 Å². The molecule has 0 heterocycles. The molecule has 0 unspecified atom stereocenters. The summed E-state index contributed by atoms with van der Waals surface area (Å²) in [7, 11) is 3.02. The van der Waals surface area contributed by atoms with Crippen LogP contribution in [0.2, 0.25) is 0 Å². The number of hydrogen-bond acceptors (Lipinski definition) is 4. The molecule has 0 aromatic heterocycles. The third kappa shape index (κ3) is 4.11. The summed E-state index contributed by atoms with van der Waals surface area (Å²) in [6.07, 6.45) is 8.48. The van der Waals surface area contributed by atoms with E-state index < -0.39 is 0 Å². The smallest absolute Gasteiger partial charge is 0.330 e. The highest BCUT2D eigenvalue weighted by atomic mass is 16.5. The van der Waals surface area contributed by atoms with Crippen LogP contribution < -0.4 is 0 Å². The minimum Gasteiger partial charge on any atom is -0.466 e. The Labute approximate surface area is 158 Å². The summed E-state index contributed by atoms with van der Waals surface area (Å²) in [6.45, 7) is 9.30.